The Hall–Kier alpha value is -3.64. The molecule has 0 spiro atoms. The molecule has 1 aromatic rings. The highest BCUT2D eigenvalue weighted by Gasteiger charge is 2.51. The van der Waals surface area contributed by atoms with Gasteiger partial charge in [0, 0.05) is 63.9 Å². The number of benzene rings is 1. The van der Waals surface area contributed by atoms with Crippen LogP contribution in [0.15, 0.2) is 34.3 Å². The highest BCUT2D eigenvalue weighted by Crippen LogP contribution is 2.40. The Morgan fingerprint density at radius 3 is 2.11 bits per heavy atom. The molecule has 5 rings (SSSR count). The van der Waals surface area contributed by atoms with Gasteiger partial charge in [0.1, 0.15) is 37.6 Å². The summed E-state index contributed by atoms with van der Waals surface area (Å²) in [6.45, 7) is 22.5. The number of likely N-dealkylation sites (N-methyl/N-ethyl adjacent to an activating group) is 1. The van der Waals surface area contributed by atoms with E-state index >= 15 is 9.59 Å². The van der Waals surface area contributed by atoms with Crippen molar-refractivity contribution in [2.24, 2.45) is 40.7 Å². The minimum atomic E-state index is -4.69. The van der Waals surface area contributed by atoms with Gasteiger partial charge in [0.2, 0.25) is 10.0 Å². The minimum Gasteiger partial charge on any atom is -0.461 e. The van der Waals surface area contributed by atoms with Crippen molar-refractivity contribution in [3.63, 3.8) is 0 Å². The molecule has 1 aromatic carbocycles. The van der Waals surface area contributed by atoms with Crippen LogP contribution < -0.4 is 10.0 Å². The van der Waals surface area contributed by atoms with E-state index in [1.54, 1.807) is 34.6 Å². The summed E-state index contributed by atoms with van der Waals surface area (Å²) in [6.07, 6.45) is -17.2. The molecule has 21 atom stereocenters. The summed E-state index contributed by atoms with van der Waals surface area (Å²) >= 11 is 0. The van der Waals surface area contributed by atoms with Crippen LogP contribution in [-0.2, 0) is 78.0 Å². The first-order chi connectivity index (χ1) is 38.6. The van der Waals surface area contributed by atoms with Crippen LogP contribution in [0.2, 0.25) is 0 Å². The van der Waals surface area contributed by atoms with Crippen molar-refractivity contribution >= 4 is 33.6 Å². The number of carbonyl (C=O) groups excluding carboxylic acids is 3. The van der Waals surface area contributed by atoms with Gasteiger partial charge in [-0.25, -0.2) is 17.9 Å². The number of ketones is 1. The van der Waals surface area contributed by atoms with Gasteiger partial charge in [-0.05, 0) is 111 Å². The number of carbonyl (C=O) groups is 3. The molecule has 0 aromatic heterocycles. The summed E-state index contributed by atoms with van der Waals surface area (Å²) < 4.78 is 132. The molecule has 4 saturated heterocycles. The summed E-state index contributed by atoms with van der Waals surface area (Å²) in [5.41, 5.74) is -4.20. The largest absolute Gasteiger partial charge is 0.461 e. The molecule has 476 valence electrons. The molecule has 4 aliphatic rings. The van der Waals surface area contributed by atoms with E-state index in [9.17, 15) is 36.6 Å². The third kappa shape index (κ3) is 18.2. The van der Waals surface area contributed by atoms with Gasteiger partial charge in [-0.15, -0.1) is 0 Å². The first-order valence-electron chi connectivity index (χ1n) is 28.6. The number of aliphatic hydroxyl groups is 2. The standard InChI is InChI=1S/C57H93F3N4O18S/c1-29-22-30(2)50(67)56(13,82-54(69)62-55(11,12)28-61-83(70,71)40-20-18-39(19-21-40)57(58,59)60)25-31(3)46(81-52-44(66)41(63-74-17)24-34(6)77-52)36(8)47(79-42-23-33(5)64(14)26-35(7)76-42)37(9)51(68)80-45(29)32(4)27-75-53-49(73-16)48(72-15)43(65)38(10)78-53/h18-21,29-38,42-49,52-53,61,65-66H,22-28H2,1-17H3,(H,62,69)/t29-,30+,31-,32?,33?,34+,35-,36+,37+,38+,42-,43+,44+,45+,46-,47-,48+,49+,52-,53+,56-/m0/s1. The van der Waals surface area contributed by atoms with E-state index in [-0.39, 0.29) is 43.7 Å². The number of nitrogens with zero attached hydrogens (tertiary/aromatic N) is 2. The van der Waals surface area contributed by atoms with Gasteiger partial charge in [0.25, 0.3) is 0 Å². The second kappa shape index (κ2) is 29.4. The molecule has 83 heavy (non-hydrogen) atoms. The number of rotatable bonds is 17. The van der Waals surface area contributed by atoms with E-state index in [0.717, 1.165) is 12.1 Å². The molecule has 0 bridgehead atoms. The van der Waals surface area contributed by atoms with Gasteiger partial charge in [0.05, 0.1) is 64.8 Å². The Kier molecular flexibility index (Phi) is 24.8. The van der Waals surface area contributed by atoms with Crippen LogP contribution in [0.3, 0.4) is 0 Å². The van der Waals surface area contributed by atoms with Crippen LogP contribution in [-0.4, -0.2) is 192 Å². The smallest absolute Gasteiger partial charge is 0.416 e. The predicted octanol–water partition coefficient (Wildman–Crippen LogP) is 6.21. The number of cyclic esters (lactones) is 1. The number of methoxy groups -OCH3 is 2. The number of sulfonamides is 1. The van der Waals surface area contributed by atoms with Gasteiger partial charge in [-0.3, -0.25) is 9.59 Å². The Bertz CT molecular complexity index is 2430. The average Bonchev–Trinajstić information content (AvgIpc) is 3.62. The fourth-order valence-electron chi connectivity index (χ4n) is 11.8. The Balaban J connectivity index is 1.58. The number of alkyl carbamates (subject to hydrolysis) is 1. The van der Waals surface area contributed by atoms with Gasteiger partial charge < -0.3 is 72.6 Å². The molecular weight excluding hydrogens is 1120 g/mol. The van der Waals surface area contributed by atoms with Gasteiger partial charge in [0.15, 0.2) is 30.3 Å². The number of halogens is 3. The molecule has 4 heterocycles. The Morgan fingerprint density at radius 2 is 1.51 bits per heavy atom. The number of ether oxygens (including phenoxy) is 10. The molecular formula is C57H93F3N4O18S. The first-order valence-corrected chi connectivity index (χ1v) is 30.1. The maximum atomic E-state index is 15.4. The monoisotopic (exact) mass is 1210 g/mol. The number of alkyl halides is 3. The van der Waals surface area contributed by atoms with E-state index in [1.807, 2.05) is 41.7 Å². The van der Waals surface area contributed by atoms with Crippen molar-refractivity contribution in [3.8, 4) is 0 Å². The van der Waals surface area contributed by atoms with Crippen LogP contribution in [0.25, 0.3) is 0 Å². The van der Waals surface area contributed by atoms with Crippen LogP contribution in [0, 0.1) is 35.5 Å². The van der Waals surface area contributed by atoms with Crippen LogP contribution in [0.5, 0.6) is 0 Å². The summed E-state index contributed by atoms with van der Waals surface area (Å²) in [4.78, 5) is 51.7. The van der Waals surface area contributed by atoms with E-state index in [0.29, 0.717) is 25.1 Å². The van der Waals surface area contributed by atoms with E-state index in [4.69, 9.17) is 52.2 Å². The summed E-state index contributed by atoms with van der Waals surface area (Å²) in [5, 5.41) is 29.4. The van der Waals surface area contributed by atoms with Crippen molar-refractivity contribution in [3.05, 3.63) is 29.8 Å². The number of hydrogen-bond donors (Lipinski definition) is 4. The maximum absolute atomic E-state index is 15.4. The third-order valence-corrected chi connectivity index (χ3v) is 17.9. The molecule has 26 heteroatoms. The Morgan fingerprint density at radius 1 is 0.867 bits per heavy atom. The summed E-state index contributed by atoms with van der Waals surface area (Å²) in [5.74, 6) is -5.87. The first kappa shape index (κ1) is 70.1. The molecule has 0 aliphatic carbocycles. The van der Waals surface area contributed by atoms with E-state index in [1.165, 1.54) is 42.1 Å². The van der Waals surface area contributed by atoms with Crippen molar-refractivity contribution in [1.82, 2.24) is 14.9 Å². The molecule has 4 N–H and O–H groups in total. The van der Waals surface area contributed by atoms with Crippen molar-refractivity contribution in [1.29, 1.82) is 0 Å². The fourth-order valence-corrected chi connectivity index (χ4v) is 13.1. The summed E-state index contributed by atoms with van der Waals surface area (Å²) in [6, 6.07) is 2.92. The number of Topliss-reactive ketones (excluding diaryl/α,β-unsaturated/α-hetero) is 1. The lowest BCUT2D eigenvalue weighted by molar-refractivity contribution is -0.305. The van der Waals surface area contributed by atoms with Gasteiger partial charge in [-0.2, -0.15) is 13.2 Å². The zero-order valence-corrected chi connectivity index (χ0v) is 52.0. The fraction of sp³-hybridized carbons (Fsp3) is 0.825. The molecule has 0 radical (unpaired) electrons. The maximum Gasteiger partial charge on any atom is 0.416 e. The van der Waals surface area contributed by atoms with Crippen molar-refractivity contribution in [2.45, 2.75) is 224 Å². The lowest BCUT2D eigenvalue weighted by atomic mass is 9.75. The van der Waals surface area contributed by atoms with Crippen LogP contribution in [0.1, 0.15) is 121 Å². The minimum absolute atomic E-state index is 0.0127. The third-order valence-electron chi connectivity index (χ3n) is 16.5. The highest BCUT2D eigenvalue weighted by molar-refractivity contribution is 7.89. The lowest BCUT2D eigenvalue weighted by Crippen LogP contribution is -2.59. The van der Waals surface area contributed by atoms with E-state index < -0.39 is 172 Å². The van der Waals surface area contributed by atoms with Gasteiger partial charge >= 0.3 is 18.2 Å². The SMILES string of the molecule is CON=C1C[C@@H](C)O[C@@H](O[C@@H]2[C@@H](C)[C@H](O[C@H]3CC(C)N(C)C[C@H](C)O3)[C@@H](C)C(=O)O[C@@H](C(C)CO[C@@H]3O[C@H](C)[C@@H](O)[C@@H](OC)[C@H]3OC)[C@@H](C)C[C@@H](C)C(=O)[C@@](C)(OC(=O)NC(C)(C)CNS(=O)(=O)c3ccc(C(F)(F)F)cc3)C[C@@H]2C)[C@@H]1O. The zero-order valence-electron chi connectivity index (χ0n) is 51.2. The quantitative estimate of drug-likeness (QED) is 0.0997. The zero-order chi connectivity index (χ0) is 62.3. The second-order valence-electron chi connectivity index (χ2n) is 24.4. The number of esters is 1. The summed E-state index contributed by atoms with van der Waals surface area (Å²) in [7, 11) is 1.82. The Labute approximate surface area is 487 Å². The number of nitrogens with one attached hydrogen (secondary N) is 2. The number of aliphatic hydroxyl groups excluding tert-OH is 2. The molecule has 4 fully saturated rings. The number of amides is 1. The van der Waals surface area contributed by atoms with Gasteiger partial charge in [-0.1, -0.05) is 39.8 Å². The van der Waals surface area contributed by atoms with Crippen molar-refractivity contribution in [2.75, 3.05) is 48.1 Å². The van der Waals surface area contributed by atoms with Crippen LogP contribution >= 0.6 is 0 Å². The molecule has 2 unspecified atom stereocenters. The molecule has 4 aliphatic heterocycles. The molecule has 22 nitrogen and oxygen atoms in total. The molecule has 1 amide bonds. The number of oxime groups is 1. The normalized spacial score (nSPS) is 37.9. The second-order valence-corrected chi connectivity index (χ2v) is 26.2. The average molecular weight is 1210 g/mol. The van der Waals surface area contributed by atoms with Crippen LogP contribution in [0.4, 0.5) is 18.0 Å². The predicted molar refractivity (Wildman–Crippen MR) is 296 cm³/mol. The molecule has 0 saturated carbocycles. The van der Waals surface area contributed by atoms with E-state index in [2.05, 4.69) is 20.1 Å². The number of hydrogen-bond acceptors (Lipinski definition) is 20. The highest BCUT2D eigenvalue weighted by atomic mass is 32.2. The van der Waals surface area contributed by atoms with Crippen molar-refractivity contribution < 1.29 is 98.4 Å². The lowest BCUT2D eigenvalue weighted by Gasteiger charge is -2.44. The topological polar surface area (TPSA) is 267 Å².